The van der Waals surface area contributed by atoms with Gasteiger partial charge in [0.15, 0.2) is 0 Å². The van der Waals surface area contributed by atoms with Gasteiger partial charge in [-0.05, 0) is 36.6 Å². The summed E-state index contributed by atoms with van der Waals surface area (Å²) in [6.45, 7) is 0.827. The number of rotatable bonds is 3. The Bertz CT molecular complexity index is 512. The van der Waals surface area contributed by atoms with Gasteiger partial charge in [-0.25, -0.2) is 4.39 Å². The first-order chi connectivity index (χ1) is 8.33. The molecule has 1 heterocycles. The van der Waals surface area contributed by atoms with Gasteiger partial charge in [-0.15, -0.1) is 0 Å². The van der Waals surface area contributed by atoms with Gasteiger partial charge in [0.05, 0.1) is 0 Å². The minimum Gasteiger partial charge on any atom is -0.361 e. The highest BCUT2D eigenvalue weighted by atomic mass is 19.1. The van der Waals surface area contributed by atoms with Crippen molar-refractivity contribution in [3.05, 3.63) is 35.8 Å². The van der Waals surface area contributed by atoms with Crippen molar-refractivity contribution >= 4 is 10.9 Å². The van der Waals surface area contributed by atoms with Crippen LogP contribution in [0.15, 0.2) is 24.4 Å². The monoisotopic (exact) mass is 232 g/mol. The van der Waals surface area contributed by atoms with Gasteiger partial charge in [-0.2, -0.15) is 0 Å². The van der Waals surface area contributed by atoms with Crippen LogP contribution in [0.1, 0.15) is 31.2 Å². The summed E-state index contributed by atoms with van der Waals surface area (Å²) in [5, 5.41) is 4.55. The number of nitrogens with one attached hydrogen (secondary N) is 2. The van der Waals surface area contributed by atoms with Crippen LogP contribution in [0.5, 0.6) is 0 Å². The minimum atomic E-state index is -0.167. The second kappa shape index (κ2) is 4.49. The summed E-state index contributed by atoms with van der Waals surface area (Å²) < 4.78 is 13.2. The molecule has 2 nitrogen and oxygen atoms in total. The Morgan fingerprint density at radius 2 is 2.12 bits per heavy atom. The minimum absolute atomic E-state index is 0.167. The van der Waals surface area contributed by atoms with E-state index in [9.17, 15) is 4.39 Å². The highest BCUT2D eigenvalue weighted by molar-refractivity contribution is 5.83. The fourth-order valence-corrected chi connectivity index (χ4v) is 2.68. The average Bonchev–Trinajstić information content (AvgIpc) is 2.94. The standard InChI is InChI=1S/C14H17FN2/c15-11-5-6-14-13(7-11)10(9-17-14)8-16-12-3-1-2-4-12/h5-7,9,12,16-17H,1-4,8H2. The van der Waals surface area contributed by atoms with E-state index in [-0.39, 0.29) is 5.82 Å². The fraction of sp³-hybridized carbons (Fsp3) is 0.429. The summed E-state index contributed by atoms with van der Waals surface area (Å²) in [5.41, 5.74) is 2.17. The molecule has 1 aromatic heterocycles. The lowest BCUT2D eigenvalue weighted by atomic mass is 10.1. The number of aromatic amines is 1. The Kier molecular flexibility index (Phi) is 2.85. The van der Waals surface area contributed by atoms with Crippen molar-refractivity contribution in [2.24, 2.45) is 0 Å². The van der Waals surface area contributed by atoms with Gasteiger partial charge in [0.2, 0.25) is 0 Å². The van der Waals surface area contributed by atoms with Crippen molar-refractivity contribution in [1.29, 1.82) is 0 Å². The lowest BCUT2D eigenvalue weighted by molar-refractivity contribution is 0.525. The molecule has 0 spiro atoms. The SMILES string of the molecule is Fc1ccc2[nH]cc(CNC3CCCC3)c2c1. The Morgan fingerprint density at radius 1 is 1.29 bits per heavy atom. The maximum atomic E-state index is 13.2. The topological polar surface area (TPSA) is 27.8 Å². The van der Waals surface area contributed by atoms with E-state index < -0.39 is 0 Å². The molecule has 0 radical (unpaired) electrons. The normalized spacial score (nSPS) is 17.0. The van der Waals surface area contributed by atoms with Gasteiger partial charge in [-0.1, -0.05) is 12.8 Å². The van der Waals surface area contributed by atoms with Crippen LogP contribution < -0.4 is 5.32 Å². The van der Waals surface area contributed by atoms with Crippen LogP contribution in [-0.4, -0.2) is 11.0 Å². The molecule has 0 aliphatic heterocycles. The molecule has 0 amide bonds. The smallest absolute Gasteiger partial charge is 0.123 e. The summed E-state index contributed by atoms with van der Waals surface area (Å²) in [5.74, 6) is -0.167. The molecular formula is C14H17FN2. The summed E-state index contributed by atoms with van der Waals surface area (Å²) in [6, 6.07) is 5.54. The van der Waals surface area contributed by atoms with E-state index in [0.717, 1.165) is 23.0 Å². The van der Waals surface area contributed by atoms with Gasteiger partial charge in [-0.3, -0.25) is 0 Å². The highest BCUT2D eigenvalue weighted by Gasteiger charge is 2.14. The zero-order valence-electron chi connectivity index (χ0n) is 9.80. The number of benzene rings is 1. The molecule has 1 fully saturated rings. The van der Waals surface area contributed by atoms with E-state index in [1.165, 1.54) is 31.7 Å². The molecule has 0 unspecified atom stereocenters. The Balaban J connectivity index is 1.77. The fourth-order valence-electron chi connectivity index (χ4n) is 2.68. The van der Waals surface area contributed by atoms with Crippen molar-refractivity contribution in [3.63, 3.8) is 0 Å². The molecule has 0 bridgehead atoms. The van der Waals surface area contributed by atoms with Crippen LogP contribution in [-0.2, 0) is 6.54 Å². The molecular weight excluding hydrogens is 215 g/mol. The molecule has 0 atom stereocenters. The molecule has 3 heteroatoms. The molecule has 2 aromatic rings. The van der Waals surface area contributed by atoms with Crippen molar-refractivity contribution < 1.29 is 4.39 Å². The lowest BCUT2D eigenvalue weighted by Gasteiger charge is -2.10. The highest BCUT2D eigenvalue weighted by Crippen LogP contribution is 2.21. The van der Waals surface area contributed by atoms with Crippen LogP contribution in [0.3, 0.4) is 0 Å². The maximum Gasteiger partial charge on any atom is 0.123 e. The van der Waals surface area contributed by atoms with Gasteiger partial charge < -0.3 is 10.3 Å². The average molecular weight is 232 g/mol. The van der Waals surface area contributed by atoms with Crippen LogP contribution in [0.4, 0.5) is 4.39 Å². The number of halogens is 1. The Hall–Kier alpha value is -1.35. The van der Waals surface area contributed by atoms with Crippen molar-refractivity contribution in [3.8, 4) is 0 Å². The predicted octanol–water partition coefficient (Wildman–Crippen LogP) is 3.34. The number of aromatic nitrogens is 1. The van der Waals surface area contributed by atoms with Crippen LogP contribution in [0, 0.1) is 5.82 Å². The van der Waals surface area contributed by atoms with Crippen molar-refractivity contribution in [1.82, 2.24) is 10.3 Å². The van der Waals surface area contributed by atoms with Gasteiger partial charge in [0.25, 0.3) is 0 Å². The third-order valence-corrected chi connectivity index (χ3v) is 3.67. The zero-order chi connectivity index (χ0) is 11.7. The molecule has 17 heavy (non-hydrogen) atoms. The second-order valence-electron chi connectivity index (χ2n) is 4.87. The summed E-state index contributed by atoms with van der Waals surface area (Å²) in [7, 11) is 0. The van der Waals surface area contributed by atoms with Gasteiger partial charge >= 0.3 is 0 Å². The number of H-pyrrole nitrogens is 1. The van der Waals surface area contributed by atoms with E-state index in [1.54, 1.807) is 12.1 Å². The summed E-state index contributed by atoms with van der Waals surface area (Å²) in [4.78, 5) is 3.18. The molecule has 1 saturated carbocycles. The van der Waals surface area contributed by atoms with E-state index >= 15 is 0 Å². The Labute approximate surface area is 100 Å². The first-order valence-corrected chi connectivity index (χ1v) is 6.32. The second-order valence-corrected chi connectivity index (χ2v) is 4.87. The lowest BCUT2D eigenvalue weighted by Crippen LogP contribution is -2.25. The molecule has 3 rings (SSSR count). The van der Waals surface area contributed by atoms with Crippen LogP contribution in [0.2, 0.25) is 0 Å². The van der Waals surface area contributed by atoms with E-state index in [2.05, 4.69) is 10.3 Å². The molecule has 90 valence electrons. The first-order valence-electron chi connectivity index (χ1n) is 6.32. The molecule has 1 aliphatic rings. The number of hydrogen-bond donors (Lipinski definition) is 2. The summed E-state index contributed by atoms with van der Waals surface area (Å²) >= 11 is 0. The molecule has 0 saturated heterocycles. The van der Waals surface area contributed by atoms with Gasteiger partial charge in [0.1, 0.15) is 5.82 Å². The molecule has 2 N–H and O–H groups in total. The molecule has 1 aliphatic carbocycles. The predicted molar refractivity (Wildman–Crippen MR) is 67.4 cm³/mol. The quantitative estimate of drug-likeness (QED) is 0.834. The summed E-state index contributed by atoms with van der Waals surface area (Å²) in [6.07, 6.45) is 7.19. The largest absolute Gasteiger partial charge is 0.361 e. The maximum absolute atomic E-state index is 13.2. The first kappa shape index (κ1) is 10.8. The zero-order valence-corrected chi connectivity index (χ0v) is 9.80. The molecule has 1 aromatic carbocycles. The van der Waals surface area contributed by atoms with Crippen molar-refractivity contribution in [2.45, 2.75) is 38.3 Å². The number of hydrogen-bond acceptors (Lipinski definition) is 1. The van der Waals surface area contributed by atoms with Gasteiger partial charge in [0, 0.05) is 29.7 Å². The Morgan fingerprint density at radius 3 is 2.94 bits per heavy atom. The van der Waals surface area contributed by atoms with E-state index in [4.69, 9.17) is 0 Å². The number of fused-ring (bicyclic) bond motifs is 1. The van der Waals surface area contributed by atoms with E-state index in [0.29, 0.717) is 6.04 Å². The van der Waals surface area contributed by atoms with Crippen LogP contribution >= 0.6 is 0 Å². The van der Waals surface area contributed by atoms with Crippen molar-refractivity contribution in [2.75, 3.05) is 0 Å². The van der Waals surface area contributed by atoms with E-state index in [1.807, 2.05) is 6.20 Å². The van der Waals surface area contributed by atoms with Crippen LogP contribution in [0.25, 0.3) is 10.9 Å². The third kappa shape index (κ3) is 2.20. The third-order valence-electron chi connectivity index (χ3n) is 3.67.